The molecule has 2 aromatic rings. The van der Waals surface area contributed by atoms with E-state index in [0.29, 0.717) is 48.1 Å². The van der Waals surface area contributed by atoms with Gasteiger partial charge in [0.2, 0.25) is 0 Å². The van der Waals surface area contributed by atoms with Gasteiger partial charge in [0.1, 0.15) is 6.07 Å². The summed E-state index contributed by atoms with van der Waals surface area (Å²) >= 11 is 1.39. The van der Waals surface area contributed by atoms with Gasteiger partial charge in [-0.2, -0.15) is 5.26 Å². The van der Waals surface area contributed by atoms with Crippen LogP contribution in [-0.2, 0) is 14.3 Å². The van der Waals surface area contributed by atoms with E-state index in [1.54, 1.807) is 34.1 Å². The third-order valence-electron chi connectivity index (χ3n) is 4.88. The van der Waals surface area contributed by atoms with Crippen molar-refractivity contribution in [2.75, 3.05) is 46.5 Å². The quantitative estimate of drug-likeness (QED) is 0.431. The van der Waals surface area contributed by atoms with Crippen LogP contribution in [0.3, 0.4) is 0 Å². The number of benzene rings is 1. The molecule has 0 unspecified atom stereocenters. The number of ether oxygens (including phenoxy) is 3. The predicted molar refractivity (Wildman–Crippen MR) is 121 cm³/mol. The minimum Gasteiger partial charge on any atom is -0.493 e. The number of thiophene rings is 1. The maximum Gasteiger partial charge on any atom is 0.331 e. The molecule has 0 saturated carbocycles. The fraction of sp³-hybridized carbons (Fsp3) is 0.304. The Hall–Kier alpha value is -3.84. The standard InChI is InChI=1S/C23H23N3O6S/c1-30-19-15-17(4-6-18(19)31-13-8-24)5-7-22(28)32-16-21(27)25-9-11-26(12-10-25)23(29)20-3-2-14-33-20/h2-7,14-15H,9-13,16H2,1H3/b7-5+. The van der Waals surface area contributed by atoms with Crippen LogP contribution in [-0.4, -0.2) is 74.1 Å². The van der Waals surface area contributed by atoms with Crippen molar-refractivity contribution in [1.29, 1.82) is 5.26 Å². The SMILES string of the molecule is COc1cc(/C=C/C(=O)OCC(=O)N2CCN(C(=O)c3cccs3)CC2)ccc1OCC#N. The monoisotopic (exact) mass is 469 g/mol. The summed E-state index contributed by atoms with van der Waals surface area (Å²) in [5.74, 6) is -0.150. The third kappa shape index (κ3) is 6.57. The second-order valence-corrected chi connectivity index (χ2v) is 7.90. The van der Waals surface area contributed by atoms with Gasteiger partial charge in [-0.05, 0) is 35.2 Å². The molecule has 0 radical (unpaired) electrons. The molecule has 3 rings (SSSR count). The van der Waals surface area contributed by atoms with E-state index < -0.39 is 5.97 Å². The lowest BCUT2D eigenvalue weighted by Gasteiger charge is -2.34. The molecule has 10 heteroatoms. The third-order valence-corrected chi connectivity index (χ3v) is 5.74. The number of carbonyl (C=O) groups is 3. The number of methoxy groups -OCH3 is 1. The molecule has 1 aromatic carbocycles. The summed E-state index contributed by atoms with van der Waals surface area (Å²) < 4.78 is 15.5. The molecular formula is C23H23N3O6S. The molecule has 1 aromatic heterocycles. The lowest BCUT2D eigenvalue weighted by molar-refractivity contribution is -0.148. The topological polar surface area (TPSA) is 109 Å². The highest BCUT2D eigenvalue weighted by Crippen LogP contribution is 2.28. The molecular weight excluding hydrogens is 446 g/mol. The molecule has 0 bridgehead atoms. The van der Waals surface area contributed by atoms with Crippen LogP contribution in [0.15, 0.2) is 41.8 Å². The minimum atomic E-state index is -0.654. The van der Waals surface area contributed by atoms with E-state index in [1.165, 1.54) is 30.6 Å². The average Bonchev–Trinajstić information content (AvgIpc) is 3.39. The van der Waals surface area contributed by atoms with Crippen LogP contribution in [0.5, 0.6) is 11.5 Å². The zero-order valence-corrected chi connectivity index (χ0v) is 18.9. The van der Waals surface area contributed by atoms with Crippen LogP contribution in [0, 0.1) is 11.3 Å². The molecule has 172 valence electrons. The Morgan fingerprint density at radius 1 is 1.12 bits per heavy atom. The molecule has 1 aliphatic rings. The van der Waals surface area contributed by atoms with Crippen LogP contribution in [0.25, 0.3) is 6.08 Å². The van der Waals surface area contributed by atoms with Gasteiger partial charge in [0.05, 0.1) is 12.0 Å². The zero-order chi connectivity index (χ0) is 23.6. The summed E-state index contributed by atoms with van der Waals surface area (Å²) in [6, 6.07) is 10.5. The highest BCUT2D eigenvalue weighted by Gasteiger charge is 2.25. The lowest BCUT2D eigenvalue weighted by atomic mass is 10.2. The fourth-order valence-electron chi connectivity index (χ4n) is 3.17. The Balaban J connectivity index is 1.44. The summed E-state index contributed by atoms with van der Waals surface area (Å²) in [7, 11) is 1.47. The van der Waals surface area contributed by atoms with Gasteiger partial charge >= 0.3 is 5.97 Å². The van der Waals surface area contributed by atoms with Crippen LogP contribution >= 0.6 is 11.3 Å². The molecule has 0 atom stereocenters. The van der Waals surface area contributed by atoms with E-state index in [1.807, 2.05) is 17.5 Å². The van der Waals surface area contributed by atoms with E-state index >= 15 is 0 Å². The number of hydrogen-bond acceptors (Lipinski definition) is 8. The highest BCUT2D eigenvalue weighted by atomic mass is 32.1. The van der Waals surface area contributed by atoms with Crippen molar-refractivity contribution >= 4 is 35.2 Å². The normalized spacial score (nSPS) is 13.5. The predicted octanol–water partition coefficient (Wildman–Crippen LogP) is 2.20. The number of esters is 1. The van der Waals surface area contributed by atoms with Gasteiger partial charge < -0.3 is 24.0 Å². The van der Waals surface area contributed by atoms with Crippen LogP contribution < -0.4 is 9.47 Å². The highest BCUT2D eigenvalue weighted by molar-refractivity contribution is 7.12. The molecule has 1 saturated heterocycles. The van der Waals surface area contributed by atoms with Crippen molar-refractivity contribution in [2.45, 2.75) is 0 Å². The largest absolute Gasteiger partial charge is 0.493 e. The minimum absolute atomic E-state index is 0.0325. The van der Waals surface area contributed by atoms with Gasteiger partial charge in [-0.1, -0.05) is 12.1 Å². The molecule has 1 aliphatic heterocycles. The van der Waals surface area contributed by atoms with Gasteiger partial charge in [0.25, 0.3) is 11.8 Å². The maximum absolute atomic E-state index is 12.4. The van der Waals surface area contributed by atoms with E-state index in [-0.39, 0.29) is 25.0 Å². The molecule has 33 heavy (non-hydrogen) atoms. The van der Waals surface area contributed by atoms with Gasteiger partial charge in [-0.3, -0.25) is 9.59 Å². The van der Waals surface area contributed by atoms with Crippen molar-refractivity contribution in [2.24, 2.45) is 0 Å². The molecule has 9 nitrogen and oxygen atoms in total. The van der Waals surface area contributed by atoms with Crippen molar-refractivity contribution in [1.82, 2.24) is 9.80 Å². The molecule has 1 fully saturated rings. The Bertz CT molecular complexity index is 1050. The van der Waals surface area contributed by atoms with Crippen LogP contribution in [0.4, 0.5) is 0 Å². The smallest absolute Gasteiger partial charge is 0.331 e. The summed E-state index contributed by atoms with van der Waals surface area (Å²) in [6.45, 7) is 1.18. The maximum atomic E-state index is 12.4. The number of nitriles is 1. The first-order valence-corrected chi connectivity index (χ1v) is 11.0. The Morgan fingerprint density at radius 2 is 1.88 bits per heavy atom. The Morgan fingerprint density at radius 3 is 2.55 bits per heavy atom. The van der Waals surface area contributed by atoms with E-state index in [2.05, 4.69) is 0 Å². The van der Waals surface area contributed by atoms with Gasteiger partial charge in [-0.25, -0.2) is 4.79 Å². The number of carbonyl (C=O) groups excluding carboxylic acids is 3. The Kier molecular flexibility index (Phi) is 8.43. The average molecular weight is 470 g/mol. The number of amides is 2. The van der Waals surface area contributed by atoms with Crippen molar-refractivity contribution in [3.63, 3.8) is 0 Å². The molecule has 0 spiro atoms. The zero-order valence-electron chi connectivity index (χ0n) is 18.1. The summed E-state index contributed by atoms with van der Waals surface area (Å²) in [5.41, 5.74) is 0.658. The number of nitrogens with zero attached hydrogens (tertiary/aromatic N) is 3. The Labute approximate surface area is 195 Å². The summed E-state index contributed by atoms with van der Waals surface area (Å²) in [4.78, 5) is 40.7. The molecule has 0 aliphatic carbocycles. The van der Waals surface area contributed by atoms with Crippen molar-refractivity contribution in [3.05, 3.63) is 52.2 Å². The van der Waals surface area contributed by atoms with E-state index in [0.717, 1.165) is 0 Å². The second kappa shape index (κ2) is 11.7. The first kappa shape index (κ1) is 23.8. The van der Waals surface area contributed by atoms with Gasteiger partial charge in [-0.15, -0.1) is 11.3 Å². The van der Waals surface area contributed by atoms with Crippen LogP contribution in [0.2, 0.25) is 0 Å². The first-order valence-electron chi connectivity index (χ1n) is 10.1. The van der Waals surface area contributed by atoms with Gasteiger partial charge in [0.15, 0.2) is 24.7 Å². The molecule has 2 heterocycles. The summed E-state index contributed by atoms with van der Waals surface area (Å²) in [6.07, 6.45) is 2.74. The van der Waals surface area contributed by atoms with Crippen molar-refractivity contribution in [3.8, 4) is 17.6 Å². The lowest BCUT2D eigenvalue weighted by Crippen LogP contribution is -2.51. The van der Waals surface area contributed by atoms with Crippen molar-refractivity contribution < 1.29 is 28.6 Å². The number of piperazine rings is 1. The number of rotatable bonds is 8. The van der Waals surface area contributed by atoms with Crippen LogP contribution in [0.1, 0.15) is 15.2 Å². The second-order valence-electron chi connectivity index (χ2n) is 6.95. The molecule has 0 N–H and O–H groups in total. The van der Waals surface area contributed by atoms with E-state index in [9.17, 15) is 14.4 Å². The first-order chi connectivity index (χ1) is 16.0. The molecule has 2 amide bonds. The fourth-order valence-corrected chi connectivity index (χ4v) is 3.86. The van der Waals surface area contributed by atoms with E-state index in [4.69, 9.17) is 19.5 Å². The summed E-state index contributed by atoms with van der Waals surface area (Å²) in [5, 5.41) is 10.5. The van der Waals surface area contributed by atoms with Gasteiger partial charge in [0, 0.05) is 32.3 Å². The number of hydrogen-bond donors (Lipinski definition) is 0.